The van der Waals surface area contributed by atoms with Gasteiger partial charge >= 0.3 is 0 Å². The summed E-state index contributed by atoms with van der Waals surface area (Å²) in [5, 5.41) is 2.81. The number of aromatic nitrogens is 2. The maximum Gasteiger partial charge on any atom is 0.241 e. The highest BCUT2D eigenvalue weighted by atomic mass is 19.1. The summed E-state index contributed by atoms with van der Waals surface area (Å²) in [6, 6.07) is 11.1. The molecule has 0 spiro atoms. The van der Waals surface area contributed by atoms with E-state index in [-0.39, 0.29) is 49.0 Å². The summed E-state index contributed by atoms with van der Waals surface area (Å²) < 4.78 is 18.7. The van der Waals surface area contributed by atoms with Crippen LogP contribution < -0.4 is 10.1 Å². The minimum absolute atomic E-state index is 0.0496. The number of hydrogen-bond acceptors (Lipinski definition) is 5. The summed E-state index contributed by atoms with van der Waals surface area (Å²) in [6.45, 7) is 0.0856. The number of amides is 3. The van der Waals surface area contributed by atoms with Gasteiger partial charge < -0.3 is 15.0 Å². The Kier molecular flexibility index (Phi) is 6.00. The van der Waals surface area contributed by atoms with Crippen LogP contribution in [0.1, 0.15) is 49.9 Å². The van der Waals surface area contributed by atoms with Crippen molar-refractivity contribution in [3.63, 3.8) is 0 Å². The van der Waals surface area contributed by atoms with Crippen LogP contribution in [0.15, 0.2) is 42.5 Å². The van der Waals surface area contributed by atoms with Crippen molar-refractivity contribution in [2.24, 2.45) is 0 Å². The number of nitrogens with one attached hydrogen (secondary N) is 2. The summed E-state index contributed by atoms with van der Waals surface area (Å²) in [6.07, 6.45) is 3.36. The van der Waals surface area contributed by atoms with Crippen LogP contribution in [0.5, 0.6) is 5.75 Å². The van der Waals surface area contributed by atoms with Gasteiger partial charge in [-0.2, -0.15) is 0 Å². The molecule has 182 valence electrons. The number of halogens is 1. The van der Waals surface area contributed by atoms with Gasteiger partial charge in [0.25, 0.3) is 0 Å². The molecule has 1 aliphatic heterocycles. The Morgan fingerprint density at radius 1 is 1.20 bits per heavy atom. The number of H-pyrrole nitrogens is 1. The molecule has 1 saturated heterocycles. The first kappa shape index (κ1) is 23.0. The molecule has 9 heteroatoms. The van der Waals surface area contributed by atoms with Crippen molar-refractivity contribution in [3.05, 3.63) is 59.7 Å². The molecule has 1 aromatic heterocycles. The first-order valence-electron chi connectivity index (χ1n) is 11.8. The lowest BCUT2D eigenvalue weighted by Crippen LogP contribution is -2.45. The number of nitrogens with zero attached hydrogens (tertiary/aromatic N) is 2. The minimum Gasteiger partial charge on any atom is -0.497 e. The molecule has 2 fully saturated rings. The first-order chi connectivity index (χ1) is 16.9. The van der Waals surface area contributed by atoms with Crippen molar-refractivity contribution in [3.8, 4) is 5.75 Å². The van der Waals surface area contributed by atoms with Gasteiger partial charge in [0.1, 0.15) is 17.4 Å². The summed E-state index contributed by atoms with van der Waals surface area (Å²) in [7, 11) is 1.55. The standard InChI is InChI=1S/C26H27FN4O4/c1-35-19-9-6-16(7-10-19)26(14-24(33)31(25(26)34)18-4-2-3-5-18)13-23(32)28-15-22-29-20-11-8-17(27)12-21(20)30-22/h6-12,18H,2-5,13-15H2,1H3,(H,28,32)(H,29,30)/t26-/m1/s1. The SMILES string of the molecule is COc1ccc([C@@]2(CC(=O)NCc3nc4ccc(F)cc4[nH]3)CC(=O)N(C3CCCC3)C2=O)cc1. The zero-order valence-corrected chi connectivity index (χ0v) is 19.5. The normalized spacial score (nSPS) is 20.7. The van der Waals surface area contributed by atoms with E-state index in [0.29, 0.717) is 28.2 Å². The Morgan fingerprint density at radius 2 is 1.94 bits per heavy atom. The summed E-state index contributed by atoms with van der Waals surface area (Å²) in [5.74, 6) is -0.201. The second-order valence-corrected chi connectivity index (χ2v) is 9.29. The molecule has 5 rings (SSSR count). The lowest BCUT2D eigenvalue weighted by molar-refractivity contribution is -0.143. The molecule has 2 N–H and O–H groups in total. The van der Waals surface area contributed by atoms with Crippen molar-refractivity contribution in [1.82, 2.24) is 20.2 Å². The van der Waals surface area contributed by atoms with Crippen LogP contribution in [-0.2, 0) is 26.3 Å². The fourth-order valence-corrected chi connectivity index (χ4v) is 5.31. The Balaban J connectivity index is 1.38. The smallest absolute Gasteiger partial charge is 0.241 e. The number of imide groups is 1. The van der Waals surface area contributed by atoms with E-state index in [2.05, 4.69) is 15.3 Å². The van der Waals surface area contributed by atoms with Crippen LogP contribution in [0, 0.1) is 5.82 Å². The van der Waals surface area contributed by atoms with Crippen molar-refractivity contribution in [1.29, 1.82) is 0 Å². The summed E-state index contributed by atoms with van der Waals surface area (Å²) in [4.78, 5) is 48.7. The number of hydrogen-bond donors (Lipinski definition) is 2. The highest BCUT2D eigenvalue weighted by Gasteiger charge is 2.55. The van der Waals surface area contributed by atoms with Gasteiger partial charge in [-0.25, -0.2) is 9.37 Å². The predicted molar refractivity (Wildman–Crippen MR) is 126 cm³/mol. The highest BCUT2D eigenvalue weighted by molar-refractivity contribution is 6.11. The Bertz CT molecular complexity index is 1280. The number of methoxy groups -OCH3 is 1. The average molecular weight is 479 g/mol. The lowest BCUT2D eigenvalue weighted by atomic mass is 9.75. The third kappa shape index (κ3) is 4.26. The van der Waals surface area contributed by atoms with E-state index >= 15 is 0 Å². The molecule has 1 atom stereocenters. The Labute approximate surface area is 201 Å². The molecule has 2 heterocycles. The van der Waals surface area contributed by atoms with Gasteiger partial charge in [0, 0.05) is 18.9 Å². The van der Waals surface area contributed by atoms with Crippen LogP contribution in [0.25, 0.3) is 11.0 Å². The van der Waals surface area contributed by atoms with E-state index in [1.54, 1.807) is 37.4 Å². The largest absolute Gasteiger partial charge is 0.497 e. The predicted octanol–water partition coefficient (Wildman–Crippen LogP) is 3.36. The second kappa shape index (κ2) is 9.13. The average Bonchev–Trinajstić information content (AvgIpc) is 3.56. The third-order valence-corrected chi connectivity index (χ3v) is 7.09. The van der Waals surface area contributed by atoms with Gasteiger partial charge in [-0.15, -0.1) is 0 Å². The zero-order chi connectivity index (χ0) is 24.6. The number of likely N-dealkylation sites (tertiary alicyclic amines) is 1. The van der Waals surface area contributed by atoms with Crippen molar-refractivity contribution >= 4 is 28.8 Å². The first-order valence-corrected chi connectivity index (χ1v) is 11.8. The molecule has 2 aliphatic rings. The van der Waals surface area contributed by atoms with Gasteiger partial charge in [-0.1, -0.05) is 25.0 Å². The number of aromatic amines is 1. The van der Waals surface area contributed by atoms with E-state index in [4.69, 9.17) is 4.74 Å². The topological polar surface area (TPSA) is 104 Å². The van der Waals surface area contributed by atoms with Crippen LogP contribution in [0.2, 0.25) is 0 Å². The van der Waals surface area contributed by atoms with Gasteiger partial charge in [-0.05, 0) is 48.7 Å². The molecule has 8 nitrogen and oxygen atoms in total. The van der Waals surface area contributed by atoms with E-state index in [1.165, 1.54) is 17.0 Å². The number of carbonyl (C=O) groups excluding carboxylic acids is 3. The van der Waals surface area contributed by atoms with Crippen LogP contribution in [-0.4, -0.2) is 45.7 Å². The van der Waals surface area contributed by atoms with Crippen molar-refractivity contribution in [2.75, 3.05) is 7.11 Å². The van der Waals surface area contributed by atoms with Crippen molar-refractivity contribution < 1.29 is 23.5 Å². The second-order valence-electron chi connectivity index (χ2n) is 9.29. The van der Waals surface area contributed by atoms with Gasteiger partial charge in [0.2, 0.25) is 17.7 Å². The number of benzene rings is 2. The molecule has 1 aliphatic carbocycles. The molecule has 3 aromatic rings. The van der Waals surface area contributed by atoms with Crippen LogP contribution in [0.3, 0.4) is 0 Å². The molecular weight excluding hydrogens is 451 g/mol. The Hall–Kier alpha value is -3.75. The molecule has 1 saturated carbocycles. The van der Waals surface area contributed by atoms with Crippen LogP contribution in [0.4, 0.5) is 4.39 Å². The summed E-state index contributed by atoms with van der Waals surface area (Å²) >= 11 is 0. The number of rotatable bonds is 7. The third-order valence-electron chi connectivity index (χ3n) is 7.09. The zero-order valence-electron chi connectivity index (χ0n) is 19.5. The quantitative estimate of drug-likeness (QED) is 0.507. The maximum atomic E-state index is 13.8. The molecule has 2 aromatic carbocycles. The molecular formula is C26H27FN4O4. The van der Waals surface area contributed by atoms with Gasteiger partial charge in [0.15, 0.2) is 0 Å². The maximum absolute atomic E-state index is 13.8. The molecule has 0 bridgehead atoms. The molecule has 35 heavy (non-hydrogen) atoms. The lowest BCUT2D eigenvalue weighted by Gasteiger charge is -2.29. The number of fused-ring (bicyclic) bond motifs is 1. The number of ether oxygens (including phenoxy) is 1. The molecule has 0 unspecified atom stereocenters. The molecule has 0 radical (unpaired) electrons. The van der Waals surface area contributed by atoms with E-state index in [1.807, 2.05) is 0 Å². The molecule has 3 amide bonds. The monoisotopic (exact) mass is 478 g/mol. The fourth-order valence-electron chi connectivity index (χ4n) is 5.31. The fraction of sp³-hybridized carbons (Fsp3) is 0.385. The number of imidazole rings is 1. The minimum atomic E-state index is -1.27. The number of carbonyl (C=O) groups is 3. The summed E-state index contributed by atoms with van der Waals surface area (Å²) in [5.41, 5.74) is 0.473. The van der Waals surface area contributed by atoms with Crippen molar-refractivity contribution in [2.45, 2.75) is 56.5 Å². The Morgan fingerprint density at radius 3 is 2.66 bits per heavy atom. The van der Waals surface area contributed by atoms with E-state index in [9.17, 15) is 18.8 Å². The van der Waals surface area contributed by atoms with Gasteiger partial charge in [-0.3, -0.25) is 19.3 Å². The van der Waals surface area contributed by atoms with Gasteiger partial charge in [0.05, 0.1) is 30.1 Å². The van der Waals surface area contributed by atoms with Crippen LogP contribution >= 0.6 is 0 Å². The van der Waals surface area contributed by atoms with E-state index in [0.717, 1.165) is 25.7 Å². The van der Waals surface area contributed by atoms with E-state index < -0.39 is 5.41 Å². The highest BCUT2D eigenvalue weighted by Crippen LogP contribution is 2.43.